The van der Waals surface area contributed by atoms with Gasteiger partial charge in [0.25, 0.3) is 5.91 Å². The van der Waals surface area contributed by atoms with Gasteiger partial charge in [-0.05, 0) is 19.1 Å². The van der Waals surface area contributed by atoms with Crippen molar-refractivity contribution in [3.05, 3.63) is 29.6 Å². The Morgan fingerprint density at radius 1 is 1.65 bits per heavy atom. The molecule has 5 nitrogen and oxygen atoms in total. The van der Waals surface area contributed by atoms with Crippen molar-refractivity contribution in [3.63, 3.8) is 0 Å². The molecule has 0 radical (unpaired) electrons. The van der Waals surface area contributed by atoms with E-state index < -0.39 is 0 Å². The monoisotopic (exact) mass is 235 g/mol. The van der Waals surface area contributed by atoms with E-state index >= 15 is 0 Å². The first-order chi connectivity index (χ1) is 8.25. The standard InChI is InChI=1S/C12H17N3O2/c1-9-2-3-10(6-14-9)12(16)15-8-11-7-13-4-5-17-11/h2-3,6,11,13H,4-5,7-8H2,1H3,(H,15,16). The highest BCUT2D eigenvalue weighted by molar-refractivity contribution is 5.93. The van der Waals surface area contributed by atoms with Crippen LogP contribution < -0.4 is 10.6 Å². The summed E-state index contributed by atoms with van der Waals surface area (Å²) in [7, 11) is 0. The highest BCUT2D eigenvalue weighted by atomic mass is 16.5. The Morgan fingerprint density at radius 2 is 2.53 bits per heavy atom. The maximum Gasteiger partial charge on any atom is 0.252 e. The number of carbonyl (C=O) groups is 1. The van der Waals surface area contributed by atoms with Gasteiger partial charge in [-0.15, -0.1) is 0 Å². The topological polar surface area (TPSA) is 63.2 Å². The Kier molecular flexibility index (Phi) is 4.06. The van der Waals surface area contributed by atoms with Gasteiger partial charge in [0.2, 0.25) is 0 Å². The molecule has 1 amide bonds. The van der Waals surface area contributed by atoms with Crippen molar-refractivity contribution in [3.8, 4) is 0 Å². The molecule has 1 aliphatic heterocycles. The minimum absolute atomic E-state index is 0.0612. The molecule has 17 heavy (non-hydrogen) atoms. The lowest BCUT2D eigenvalue weighted by Crippen LogP contribution is -2.45. The molecule has 5 heteroatoms. The molecular formula is C12H17N3O2. The maximum atomic E-state index is 11.8. The Labute approximate surface area is 101 Å². The molecule has 0 bridgehead atoms. The predicted molar refractivity (Wildman–Crippen MR) is 63.9 cm³/mol. The molecular weight excluding hydrogens is 218 g/mol. The van der Waals surface area contributed by atoms with Crippen LogP contribution in [0.15, 0.2) is 18.3 Å². The summed E-state index contributed by atoms with van der Waals surface area (Å²) in [5.41, 5.74) is 1.49. The van der Waals surface area contributed by atoms with Gasteiger partial charge in [-0.25, -0.2) is 0 Å². The highest BCUT2D eigenvalue weighted by Crippen LogP contribution is 2.00. The number of hydrogen-bond donors (Lipinski definition) is 2. The van der Waals surface area contributed by atoms with Crippen LogP contribution in [-0.2, 0) is 4.74 Å². The van der Waals surface area contributed by atoms with Gasteiger partial charge in [0.05, 0.1) is 18.3 Å². The number of morpholine rings is 1. The summed E-state index contributed by atoms with van der Waals surface area (Å²) in [6, 6.07) is 3.60. The molecule has 1 aromatic rings. The second kappa shape index (κ2) is 5.75. The molecule has 1 unspecified atom stereocenters. The number of pyridine rings is 1. The largest absolute Gasteiger partial charge is 0.374 e. The number of amides is 1. The molecule has 0 aliphatic carbocycles. The minimum atomic E-state index is -0.105. The smallest absolute Gasteiger partial charge is 0.252 e. The van der Waals surface area contributed by atoms with Crippen molar-refractivity contribution in [1.29, 1.82) is 0 Å². The van der Waals surface area contributed by atoms with E-state index in [-0.39, 0.29) is 12.0 Å². The van der Waals surface area contributed by atoms with Gasteiger partial charge in [-0.2, -0.15) is 0 Å². The van der Waals surface area contributed by atoms with Crippen molar-refractivity contribution in [1.82, 2.24) is 15.6 Å². The summed E-state index contributed by atoms with van der Waals surface area (Å²) in [6.45, 7) is 4.79. The van der Waals surface area contributed by atoms with Gasteiger partial charge in [-0.1, -0.05) is 0 Å². The summed E-state index contributed by atoms with van der Waals surface area (Å²) < 4.78 is 5.49. The van der Waals surface area contributed by atoms with E-state index in [1.54, 1.807) is 12.3 Å². The van der Waals surface area contributed by atoms with E-state index in [4.69, 9.17) is 4.74 Å². The third kappa shape index (κ3) is 3.51. The molecule has 1 saturated heterocycles. The number of carbonyl (C=O) groups excluding carboxylic acids is 1. The van der Waals surface area contributed by atoms with Crippen LogP contribution >= 0.6 is 0 Å². The molecule has 1 aliphatic rings. The second-order valence-electron chi connectivity index (χ2n) is 4.10. The van der Waals surface area contributed by atoms with E-state index in [0.29, 0.717) is 18.7 Å². The Balaban J connectivity index is 1.82. The third-order valence-corrected chi connectivity index (χ3v) is 2.67. The van der Waals surface area contributed by atoms with Crippen molar-refractivity contribution >= 4 is 5.91 Å². The first kappa shape index (κ1) is 12.0. The maximum absolute atomic E-state index is 11.8. The fraction of sp³-hybridized carbons (Fsp3) is 0.500. The molecule has 0 spiro atoms. The molecule has 2 rings (SSSR count). The Bertz CT molecular complexity index is 372. The van der Waals surface area contributed by atoms with Gasteiger partial charge < -0.3 is 15.4 Å². The lowest BCUT2D eigenvalue weighted by atomic mass is 10.2. The SMILES string of the molecule is Cc1ccc(C(=O)NCC2CNCCO2)cn1. The van der Waals surface area contributed by atoms with Crippen LogP contribution in [0.4, 0.5) is 0 Å². The molecule has 1 aromatic heterocycles. The fourth-order valence-electron chi connectivity index (χ4n) is 1.66. The van der Waals surface area contributed by atoms with E-state index in [1.165, 1.54) is 0 Å². The molecule has 1 atom stereocenters. The van der Waals surface area contributed by atoms with Gasteiger partial charge >= 0.3 is 0 Å². The number of rotatable bonds is 3. The molecule has 92 valence electrons. The molecule has 1 fully saturated rings. The lowest BCUT2D eigenvalue weighted by molar-refractivity contribution is 0.0287. The lowest BCUT2D eigenvalue weighted by Gasteiger charge is -2.23. The fourth-order valence-corrected chi connectivity index (χ4v) is 1.66. The summed E-state index contributed by atoms with van der Waals surface area (Å²) in [5.74, 6) is -0.105. The van der Waals surface area contributed by atoms with Gasteiger partial charge in [-0.3, -0.25) is 9.78 Å². The van der Waals surface area contributed by atoms with E-state index in [2.05, 4.69) is 15.6 Å². The van der Waals surface area contributed by atoms with Crippen LogP contribution in [0, 0.1) is 6.92 Å². The van der Waals surface area contributed by atoms with Gasteiger partial charge in [0, 0.05) is 31.5 Å². The summed E-state index contributed by atoms with van der Waals surface area (Å²) in [6.07, 6.45) is 1.65. The molecule has 0 saturated carbocycles. The van der Waals surface area contributed by atoms with Gasteiger partial charge in [0.1, 0.15) is 0 Å². The Hall–Kier alpha value is -1.46. The van der Waals surface area contributed by atoms with Crippen molar-refractivity contribution in [2.45, 2.75) is 13.0 Å². The van der Waals surface area contributed by atoms with Crippen LogP contribution in [0.3, 0.4) is 0 Å². The third-order valence-electron chi connectivity index (χ3n) is 2.67. The number of nitrogens with zero attached hydrogens (tertiary/aromatic N) is 1. The van der Waals surface area contributed by atoms with Crippen LogP contribution in [0.25, 0.3) is 0 Å². The second-order valence-corrected chi connectivity index (χ2v) is 4.10. The predicted octanol–water partition coefficient (Wildman–Crippen LogP) is 0.108. The minimum Gasteiger partial charge on any atom is -0.374 e. The van der Waals surface area contributed by atoms with Crippen molar-refractivity contribution < 1.29 is 9.53 Å². The zero-order valence-corrected chi connectivity index (χ0v) is 9.90. The molecule has 2 N–H and O–H groups in total. The number of hydrogen-bond acceptors (Lipinski definition) is 4. The van der Waals surface area contributed by atoms with Crippen molar-refractivity contribution in [2.75, 3.05) is 26.2 Å². The van der Waals surface area contributed by atoms with E-state index in [1.807, 2.05) is 13.0 Å². The van der Waals surface area contributed by atoms with Crippen LogP contribution in [0.5, 0.6) is 0 Å². The quantitative estimate of drug-likeness (QED) is 0.780. The number of aromatic nitrogens is 1. The van der Waals surface area contributed by atoms with Crippen LogP contribution in [-0.4, -0.2) is 43.2 Å². The molecule has 0 aromatic carbocycles. The van der Waals surface area contributed by atoms with Gasteiger partial charge in [0.15, 0.2) is 0 Å². The first-order valence-corrected chi connectivity index (χ1v) is 5.79. The van der Waals surface area contributed by atoms with Crippen LogP contribution in [0.1, 0.15) is 16.1 Å². The average molecular weight is 235 g/mol. The number of ether oxygens (including phenoxy) is 1. The van der Waals surface area contributed by atoms with E-state index in [0.717, 1.165) is 18.8 Å². The zero-order valence-electron chi connectivity index (χ0n) is 9.90. The Morgan fingerprint density at radius 3 is 3.18 bits per heavy atom. The first-order valence-electron chi connectivity index (χ1n) is 5.79. The molecule has 2 heterocycles. The van der Waals surface area contributed by atoms with Crippen molar-refractivity contribution in [2.24, 2.45) is 0 Å². The average Bonchev–Trinajstić information content (AvgIpc) is 2.38. The summed E-state index contributed by atoms with van der Waals surface area (Å²) in [4.78, 5) is 15.9. The number of aryl methyl sites for hydroxylation is 1. The summed E-state index contributed by atoms with van der Waals surface area (Å²) in [5, 5.41) is 6.06. The normalized spacial score (nSPS) is 19.9. The number of nitrogens with one attached hydrogen (secondary N) is 2. The van der Waals surface area contributed by atoms with Crippen LogP contribution in [0.2, 0.25) is 0 Å². The zero-order chi connectivity index (χ0) is 12.1. The highest BCUT2D eigenvalue weighted by Gasteiger charge is 2.14. The summed E-state index contributed by atoms with van der Waals surface area (Å²) >= 11 is 0. The van der Waals surface area contributed by atoms with E-state index in [9.17, 15) is 4.79 Å².